The first kappa shape index (κ1) is 17.0. The highest BCUT2D eigenvalue weighted by Gasteiger charge is 2.17. The molecule has 0 saturated heterocycles. The number of hydrogen-bond donors (Lipinski definition) is 2. The van der Waals surface area contributed by atoms with E-state index in [1.54, 1.807) is 0 Å². The number of aryl methyl sites for hydroxylation is 1. The Bertz CT molecular complexity index is 471. The number of carboxylic acids is 1. The highest BCUT2D eigenvalue weighted by molar-refractivity contribution is 5.92. The second kappa shape index (κ2) is 8.29. The van der Waals surface area contributed by atoms with Crippen LogP contribution in [0.5, 0.6) is 0 Å². The zero-order chi connectivity index (χ0) is 15.8. The Hall–Kier alpha value is -2.04. The molecule has 0 aromatic heterocycles. The monoisotopic (exact) mass is 292 g/mol. The number of amides is 2. The van der Waals surface area contributed by atoms with E-state index in [1.807, 2.05) is 31.2 Å². The fourth-order valence-corrected chi connectivity index (χ4v) is 1.78. The molecule has 2 amide bonds. The van der Waals surface area contributed by atoms with Gasteiger partial charge in [0.05, 0.1) is 6.42 Å². The van der Waals surface area contributed by atoms with E-state index >= 15 is 0 Å². The van der Waals surface area contributed by atoms with Crippen LogP contribution in [0.4, 0.5) is 10.5 Å². The van der Waals surface area contributed by atoms with Crippen molar-refractivity contribution in [2.45, 2.75) is 33.6 Å². The number of carbonyl (C=O) groups excluding carboxylic acids is 1. The number of aliphatic carboxylic acids is 1. The van der Waals surface area contributed by atoms with Crippen molar-refractivity contribution >= 4 is 17.7 Å². The molecule has 0 aliphatic heterocycles. The lowest BCUT2D eigenvalue weighted by atomic mass is 10.1. The molecule has 0 heterocycles. The zero-order valence-electron chi connectivity index (χ0n) is 12.9. The molecule has 116 valence electrons. The van der Waals surface area contributed by atoms with Crippen molar-refractivity contribution in [1.82, 2.24) is 5.32 Å². The average molecular weight is 292 g/mol. The van der Waals surface area contributed by atoms with Crippen molar-refractivity contribution in [3.8, 4) is 0 Å². The first-order valence-corrected chi connectivity index (χ1v) is 7.27. The number of rotatable bonds is 7. The van der Waals surface area contributed by atoms with Gasteiger partial charge in [0.25, 0.3) is 0 Å². The van der Waals surface area contributed by atoms with Gasteiger partial charge in [0.2, 0.25) is 0 Å². The Morgan fingerprint density at radius 3 is 2.43 bits per heavy atom. The van der Waals surface area contributed by atoms with E-state index in [-0.39, 0.29) is 19.0 Å². The zero-order valence-corrected chi connectivity index (χ0v) is 12.9. The molecule has 1 unspecified atom stereocenters. The summed E-state index contributed by atoms with van der Waals surface area (Å²) in [6, 6.07) is 7.23. The van der Waals surface area contributed by atoms with Gasteiger partial charge in [0, 0.05) is 18.8 Å². The van der Waals surface area contributed by atoms with Crippen LogP contribution in [0.2, 0.25) is 0 Å². The van der Waals surface area contributed by atoms with E-state index < -0.39 is 5.97 Å². The molecule has 5 nitrogen and oxygen atoms in total. The Morgan fingerprint density at radius 2 is 1.90 bits per heavy atom. The molecule has 0 fully saturated rings. The molecule has 0 radical (unpaired) electrons. The maximum Gasteiger partial charge on any atom is 0.321 e. The van der Waals surface area contributed by atoms with Crippen molar-refractivity contribution in [3.63, 3.8) is 0 Å². The molecule has 5 heteroatoms. The summed E-state index contributed by atoms with van der Waals surface area (Å²) in [6.07, 6.45) is 0.907. The van der Waals surface area contributed by atoms with Crippen LogP contribution in [-0.2, 0) is 4.79 Å². The van der Waals surface area contributed by atoms with Crippen LogP contribution in [0.1, 0.15) is 32.3 Å². The number of urea groups is 1. The van der Waals surface area contributed by atoms with Gasteiger partial charge in [0.15, 0.2) is 0 Å². The van der Waals surface area contributed by atoms with Crippen molar-refractivity contribution in [2.24, 2.45) is 5.92 Å². The van der Waals surface area contributed by atoms with E-state index in [4.69, 9.17) is 5.11 Å². The first-order valence-electron chi connectivity index (χ1n) is 7.27. The van der Waals surface area contributed by atoms with Crippen LogP contribution in [0.15, 0.2) is 24.3 Å². The SMILES string of the molecule is CCC(C)CNC(=O)N(CCC(=O)O)c1ccc(C)cc1. The van der Waals surface area contributed by atoms with Gasteiger partial charge in [-0.2, -0.15) is 0 Å². The molecule has 1 atom stereocenters. The second-order valence-corrected chi connectivity index (χ2v) is 5.33. The molecule has 1 aromatic carbocycles. The molecular formula is C16H24N2O3. The molecule has 2 N–H and O–H groups in total. The summed E-state index contributed by atoms with van der Waals surface area (Å²) in [5.74, 6) is -0.518. The van der Waals surface area contributed by atoms with E-state index in [1.165, 1.54) is 4.90 Å². The fraction of sp³-hybridized carbons (Fsp3) is 0.500. The third-order valence-electron chi connectivity index (χ3n) is 3.44. The maximum absolute atomic E-state index is 12.3. The fourth-order valence-electron chi connectivity index (χ4n) is 1.78. The Labute approximate surface area is 126 Å². The second-order valence-electron chi connectivity index (χ2n) is 5.33. The van der Waals surface area contributed by atoms with E-state index in [9.17, 15) is 9.59 Å². The van der Waals surface area contributed by atoms with Crippen LogP contribution in [-0.4, -0.2) is 30.2 Å². The Kier molecular flexibility index (Phi) is 6.72. The summed E-state index contributed by atoms with van der Waals surface area (Å²) < 4.78 is 0. The summed E-state index contributed by atoms with van der Waals surface area (Å²) in [6.45, 7) is 6.84. The van der Waals surface area contributed by atoms with Crippen LogP contribution >= 0.6 is 0 Å². The van der Waals surface area contributed by atoms with Gasteiger partial charge in [-0.1, -0.05) is 38.0 Å². The lowest BCUT2D eigenvalue weighted by molar-refractivity contribution is -0.136. The lowest BCUT2D eigenvalue weighted by Gasteiger charge is -2.23. The molecule has 0 saturated carbocycles. The van der Waals surface area contributed by atoms with Crippen molar-refractivity contribution in [2.75, 3.05) is 18.0 Å². The normalized spacial score (nSPS) is 11.8. The predicted molar refractivity (Wildman–Crippen MR) is 83.6 cm³/mol. The topological polar surface area (TPSA) is 69.6 Å². The summed E-state index contributed by atoms with van der Waals surface area (Å²) in [5.41, 5.74) is 1.81. The minimum absolute atomic E-state index is 0.0787. The highest BCUT2D eigenvalue weighted by Crippen LogP contribution is 2.16. The lowest BCUT2D eigenvalue weighted by Crippen LogP contribution is -2.42. The summed E-state index contributed by atoms with van der Waals surface area (Å²) in [4.78, 5) is 24.5. The minimum Gasteiger partial charge on any atom is -0.481 e. The Balaban J connectivity index is 2.78. The number of nitrogens with zero attached hydrogens (tertiary/aromatic N) is 1. The number of carbonyl (C=O) groups is 2. The molecule has 1 rings (SSSR count). The van der Waals surface area contributed by atoms with Gasteiger partial charge in [-0.25, -0.2) is 4.79 Å². The van der Waals surface area contributed by atoms with Crippen molar-refractivity contribution in [1.29, 1.82) is 0 Å². The van der Waals surface area contributed by atoms with Crippen molar-refractivity contribution < 1.29 is 14.7 Å². The number of hydrogen-bond acceptors (Lipinski definition) is 2. The van der Waals surface area contributed by atoms with Gasteiger partial charge < -0.3 is 10.4 Å². The predicted octanol–water partition coefficient (Wildman–Crippen LogP) is 3.03. The van der Waals surface area contributed by atoms with Gasteiger partial charge in [-0.15, -0.1) is 0 Å². The number of carboxylic acid groups (broad SMARTS) is 1. The van der Waals surface area contributed by atoms with Crippen LogP contribution in [0, 0.1) is 12.8 Å². The molecule has 0 aliphatic carbocycles. The third kappa shape index (κ3) is 5.85. The molecule has 0 bridgehead atoms. The molecule has 0 spiro atoms. The van der Waals surface area contributed by atoms with Crippen LogP contribution in [0.3, 0.4) is 0 Å². The molecule has 1 aromatic rings. The summed E-state index contributed by atoms with van der Waals surface area (Å²) >= 11 is 0. The quantitative estimate of drug-likeness (QED) is 0.811. The minimum atomic E-state index is -0.915. The maximum atomic E-state index is 12.3. The number of anilines is 1. The van der Waals surface area contributed by atoms with Crippen molar-refractivity contribution in [3.05, 3.63) is 29.8 Å². The van der Waals surface area contributed by atoms with E-state index in [0.717, 1.165) is 12.0 Å². The molecule has 21 heavy (non-hydrogen) atoms. The van der Waals surface area contributed by atoms with Gasteiger partial charge >= 0.3 is 12.0 Å². The van der Waals surface area contributed by atoms with Gasteiger partial charge in [-0.05, 0) is 25.0 Å². The standard InChI is InChI=1S/C16H24N2O3/c1-4-12(2)11-17-16(21)18(10-9-15(19)20)14-7-5-13(3)6-8-14/h5-8,12H,4,9-11H2,1-3H3,(H,17,21)(H,19,20). The van der Waals surface area contributed by atoms with E-state index in [2.05, 4.69) is 19.2 Å². The third-order valence-corrected chi connectivity index (χ3v) is 3.44. The summed E-state index contributed by atoms with van der Waals surface area (Å²) in [7, 11) is 0. The van der Waals surface area contributed by atoms with Crippen LogP contribution < -0.4 is 10.2 Å². The largest absolute Gasteiger partial charge is 0.481 e. The van der Waals surface area contributed by atoms with Gasteiger partial charge in [-0.3, -0.25) is 9.69 Å². The molecule has 0 aliphatic rings. The molecular weight excluding hydrogens is 268 g/mol. The first-order chi connectivity index (χ1) is 9.93. The number of nitrogens with one attached hydrogen (secondary N) is 1. The van der Waals surface area contributed by atoms with Crippen LogP contribution in [0.25, 0.3) is 0 Å². The summed E-state index contributed by atoms with van der Waals surface area (Å²) in [5, 5.41) is 11.7. The average Bonchev–Trinajstić information content (AvgIpc) is 2.46. The van der Waals surface area contributed by atoms with E-state index in [0.29, 0.717) is 18.2 Å². The number of benzene rings is 1. The smallest absolute Gasteiger partial charge is 0.321 e. The van der Waals surface area contributed by atoms with Gasteiger partial charge in [0.1, 0.15) is 0 Å². The highest BCUT2D eigenvalue weighted by atomic mass is 16.4. The Morgan fingerprint density at radius 1 is 1.29 bits per heavy atom.